The van der Waals surface area contributed by atoms with Crippen molar-refractivity contribution in [1.29, 1.82) is 0 Å². The van der Waals surface area contributed by atoms with E-state index in [0.717, 1.165) is 12.5 Å². The standard InChI is InChI=1S/C12H28N2/c1-7-10(3)9-14(8-2)12(5)11(4)13-6/h10-13H,7-9H2,1-6H3. The van der Waals surface area contributed by atoms with E-state index in [1.165, 1.54) is 13.0 Å². The maximum absolute atomic E-state index is 3.33. The van der Waals surface area contributed by atoms with Crippen LogP contribution in [-0.4, -0.2) is 37.1 Å². The molecule has 3 atom stereocenters. The van der Waals surface area contributed by atoms with E-state index in [2.05, 4.69) is 44.8 Å². The molecule has 0 rings (SSSR count). The zero-order valence-electron chi connectivity index (χ0n) is 10.8. The second-order valence-electron chi connectivity index (χ2n) is 4.42. The zero-order valence-corrected chi connectivity index (χ0v) is 10.8. The van der Waals surface area contributed by atoms with Crippen LogP contribution in [0.1, 0.15) is 41.0 Å². The van der Waals surface area contributed by atoms with E-state index in [-0.39, 0.29) is 0 Å². The van der Waals surface area contributed by atoms with Crippen LogP contribution >= 0.6 is 0 Å². The van der Waals surface area contributed by atoms with Crippen LogP contribution in [-0.2, 0) is 0 Å². The predicted octanol–water partition coefficient (Wildman–Crippen LogP) is 2.35. The number of nitrogens with zero attached hydrogens (tertiary/aromatic N) is 1. The highest BCUT2D eigenvalue weighted by atomic mass is 15.2. The highest BCUT2D eigenvalue weighted by Gasteiger charge is 2.18. The Hall–Kier alpha value is -0.0800. The van der Waals surface area contributed by atoms with Gasteiger partial charge < -0.3 is 5.32 Å². The van der Waals surface area contributed by atoms with Crippen LogP contribution in [0.3, 0.4) is 0 Å². The summed E-state index contributed by atoms with van der Waals surface area (Å²) in [6.07, 6.45) is 1.27. The van der Waals surface area contributed by atoms with Gasteiger partial charge in [0.2, 0.25) is 0 Å². The van der Waals surface area contributed by atoms with E-state index in [0.29, 0.717) is 12.1 Å². The Balaban J connectivity index is 4.11. The van der Waals surface area contributed by atoms with E-state index in [1.54, 1.807) is 0 Å². The topological polar surface area (TPSA) is 15.3 Å². The quantitative estimate of drug-likeness (QED) is 0.678. The molecule has 0 aromatic heterocycles. The number of rotatable bonds is 7. The number of likely N-dealkylation sites (N-methyl/N-ethyl adjacent to an activating group) is 2. The first-order valence-corrected chi connectivity index (χ1v) is 5.98. The molecule has 0 aromatic rings. The van der Waals surface area contributed by atoms with Crippen molar-refractivity contribution >= 4 is 0 Å². The lowest BCUT2D eigenvalue weighted by atomic mass is 10.1. The number of nitrogens with one attached hydrogen (secondary N) is 1. The van der Waals surface area contributed by atoms with Crippen LogP contribution in [0.4, 0.5) is 0 Å². The summed E-state index contributed by atoms with van der Waals surface area (Å²) in [7, 11) is 2.04. The van der Waals surface area contributed by atoms with Gasteiger partial charge in [-0.25, -0.2) is 0 Å². The second-order valence-corrected chi connectivity index (χ2v) is 4.42. The number of hydrogen-bond donors (Lipinski definition) is 1. The Morgan fingerprint density at radius 2 is 1.71 bits per heavy atom. The molecule has 2 heteroatoms. The average molecular weight is 200 g/mol. The van der Waals surface area contributed by atoms with E-state index in [1.807, 2.05) is 7.05 Å². The molecule has 0 bridgehead atoms. The third-order valence-electron chi connectivity index (χ3n) is 3.40. The van der Waals surface area contributed by atoms with Crippen LogP contribution < -0.4 is 5.32 Å². The van der Waals surface area contributed by atoms with Gasteiger partial charge in [0, 0.05) is 18.6 Å². The SMILES string of the molecule is CCC(C)CN(CC)C(C)C(C)NC. The van der Waals surface area contributed by atoms with Crippen molar-refractivity contribution in [3.8, 4) is 0 Å². The fourth-order valence-electron chi connectivity index (χ4n) is 1.67. The van der Waals surface area contributed by atoms with E-state index in [9.17, 15) is 0 Å². The first-order chi connectivity index (χ1) is 6.56. The van der Waals surface area contributed by atoms with Crippen LogP contribution in [0, 0.1) is 5.92 Å². The van der Waals surface area contributed by atoms with Gasteiger partial charge >= 0.3 is 0 Å². The first-order valence-electron chi connectivity index (χ1n) is 5.98. The maximum Gasteiger partial charge on any atom is 0.0218 e. The summed E-state index contributed by atoms with van der Waals surface area (Å²) in [6.45, 7) is 13.8. The van der Waals surface area contributed by atoms with Crippen molar-refractivity contribution < 1.29 is 0 Å². The van der Waals surface area contributed by atoms with Gasteiger partial charge in [0.05, 0.1) is 0 Å². The smallest absolute Gasteiger partial charge is 0.0218 e. The summed E-state index contributed by atoms with van der Waals surface area (Å²) in [6, 6.07) is 1.19. The van der Waals surface area contributed by atoms with Gasteiger partial charge in [-0.1, -0.05) is 27.2 Å². The third-order valence-corrected chi connectivity index (χ3v) is 3.40. The Morgan fingerprint density at radius 3 is 2.07 bits per heavy atom. The summed E-state index contributed by atoms with van der Waals surface area (Å²) in [5, 5.41) is 3.33. The molecule has 0 amide bonds. The van der Waals surface area contributed by atoms with Gasteiger partial charge in [0.25, 0.3) is 0 Å². The molecule has 0 aliphatic heterocycles. The van der Waals surface area contributed by atoms with E-state index < -0.39 is 0 Å². The molecule has 14 heavy (non-hydrogen) atoms. The van der Waals surface area contributed by atoms with Crippen molar-refractivity contribution in [1.82, 2.24) is 10.2 Å². The summed E-state index contributed by atoms with van der Waals surface area (Å²) >= 11 is 0. The van der Waals surface area contributed by atoms with Crippen LogP contribution in [0.2, 0.25) is 0 Å². The molecule has 0 heterocycles. The van der Waals surface area contributed by atoms with Crippen molar-refractivity contribution in [3.05, 3.63) is 0 Å². The van der Waals surface area contributed by atoms with Gasteiger partial charge in [-0.3, -0.25) is 4.90 Å². The monoisotopic (exact) mass is 200 g/mol. The highest BCUT2D eigenvalue weighted by Crippen LogP contribution is 2.09. The minimum atomic E-state index is 0.569. The van der Waals surface area contributed by atoms with Gasteiger partial charge in [0.15, 0.2) is 0 Å². The molecule has 0 spiro atoms. The molecule has 0 saturated carbocycles. The van der Waals surface area contributed by atoms with E-state index >= 15 is 0 Å². The van der Waals surface area contributed by atoms with Crippen LogP contribution in [0.15, 0.2) is 0 Å². The lowest BCUT2D eigenvalue weighted by Gasteiger charge is -2.33. The van der Waals surface area contributed by atoms with Gasteiger partial charge in [0.1, 0.15) is 0 Å². The van der Waals surface area contributed by atoms with Crippen molar-refractivity contribution in [2.75, 3.05) is 20.1 Å². The molecule has 0 fully saturated rings. The molecule has 0 saturated heterocycles. The fraction of sp³-hybridized carbons (Fsp3) is 1.00. The van der Waals surface area contributed by atoms with Crippen molar-refractivity contribution in [2.45, 2.75) is 53.1 Å². The summed E-state index contributed by atoms with van der Waals surface area (Å²) in [5.41, 5.74) is 0. The third kappa shape index (κ3) is 4.43. The fourth-order valence-corrected chi connectivity index (χ4v) is 1.67. The Morgan fingerprint density at radius 1 is 1.14 bits per heavy atom. The van der Waals surface area contributed by atoms with E-state index in [4.69, 9.17) is 0 Å². The van der Waals surface area contributed by atoms with Gasteiger partial charge in [-0.15, -0.1) is 0 Å². The van der Waals surface area contributed by atoms with Crippen molar-refractivity contribution in [2.24, 2.45) is 5.92 Å². The Bertz CT molecular complexity index is 136. The first kappa shape index (κ1) is 13.9. The average Bonchev–Trinajstić information content (AvgIpc) is 2.23. The molecule has 1 N–H and O–H groups in total. The Kier molecular flexibility index (Phi) is 7.20. The normalized spacial score (nSPS) is 18.2. The largest absolute Gasteiger partial charge is 0.316 e. The van der Waals surface area contributed by atoms with Gasteiger partial charge in [-0.05, 0) is 33.4 Å². The second kappa shape index (κ2) is 7.24. The molecule has 0 aliphatic rings. The lowest BCUT2D eigenvalue weighted by Crippen LogP contribution is -2.47. The maximum atomic E-state index is 3.33. The molecule has 0 radical (unpaired) electrons. The molecular weight excluding hydrogens is 172 g/mol. The lowest BCUT2D eigenvalue weighted by molar-refractivity contribution is 0.162. The molecule has 0 aliphatic carbocycles. The predicted molar refractivity (Wildman–Crippen MR) is 64.7 cm³/mol. The minimum Gasteiger partial charge on any atom is -0.316 e. The van der Waals surface area contributed by atoms with Gasteiger partial charge in [-0.2, -0.15) is 0 Å². The molecular formula is C12H28N2. The molecule has 86 valence electrons. The Labute approximate surface area is 90.1 Å². The summed E-state index contributed by atoms with van der Waals surface area (Å²) in [4.78, 5) is 2.56. The van der Waals surface area contributed by atoms with Crippen LogP contribution in [0.5, 0.6) is 0 Å². The van der Waals surface area contributed by atoms with Crippen molar-refractivity contribution in [3.63, 3.8) is 0 Å². The minimum absolute atomic E-state index is 0.569. The molecule has 0 aromatic carbocycles. The number of hydrogen-bond acceptors (Lipinski definition) is 2. The molecule has 2 nitrogen and oxygen atoms in total. The highest BCUT2D eigenvalue weighted by molar-refractivity contribution is 4.76. The molecule has 3 unspecified atom stereocenters. The van der Waals surface area contributed by atoms with Crippen LogP contribution in [0.25, 0.3) is 0 Å². The zero-order chi connectivity index (χ0) is 11.1. The summed E-state index contributed by atoms with van der Waals surface area (Å²) in [5.74, 6) is 0.807. The summed E-state index contributed by atoms with van der Waals surface area (Å²) < 4.78 is 0.